The fourth-order valence-electron chi connectivity index (χ4n) is 1.45. The number of aliphatic hydroxyl groups is 2. The van der Waals surface area contributed by atoms with Crippen LogP contribution < -0.4 is 4.72 Å². The summed E-state index contributed by atoms with van der Waals surface area (Å²) in [6, 6.07) is 0. The van der Waals surface area contributed by atoms with E-state index in [9.17, 15) is 35.5 Å². The second-order valence-corrected chi connectivity index (χ2v) is 6.89. The van der Waals surface area contributed by atoms with Crippen LogP contribution in [0, 0.1) is 0 Å². The fourth-order valence-corrected chi connectivity index (χ4v) is 2.34. The first-order valence-corrected chi connectivity index (χ1v) is 7.19. The van der Waals surface area contributed by atoms with Crippen LogP contribution in [-0.2, 0) is 10.0 Å². The molecular weight excluding hydrogens is 327 g/mol. The molecule has 0 aromatic carbocycles. The topological polar surface area (TPSA) is 86.6 Å². The Morgan fingerprint density at radius 2 is 1.67 bits per heavy atom. The Morgan fingerprint density at radius 1 is 1.19 bits per heavy atom. The predicted octanol–water partition coefficient (Wildman–Crippen LogP) is -0.510. The lowest BCUT2D eigenvalue weighted by Crippen LogP contribution is -2.53. The summed E-state index contributed by atoms with van der Waals surface area (Å²) in [4.78, 5) is 0. The van der Waals surface area contributed by atoms with Gasteiger partial charge in [0.2, 0.25) is 0 Å². The SMILES string of the molecule is C[N+](C)(CCO)CC(O)CNS(=O)(=O)C(F)(F)C(F)(F)F. The molecule has 0 spiro atoms. The smallest absolute Gasteiger partial charge is 0.391 e. The molecule has 0 saturated carbocycles. The van der Waals surface area contributed by atoms with Crippen LogP contribution in [0.25, 0.3) is 0 Å². The zero-order valence-electron chi connectivity index (χ0n) is 11.4. The van der Waals surface area contributed by atoms with E-state index < -0.39 is 34.1 Å². The van der Waals surface area contributed by atoms with Gasteiger partial charge in [-0.25, -0.2) is 13.1 Å². The number of likely N-dealkylation sites (N-methyl/N-ethyl adjacent to an activating group) is 1. The maximum absolute atomic E-state index is 12.7. The molecule has 0 amide bonds. The summed E-state index contributed by atoms with van der Waals surface area (Å²) in [5, 5.41) is 12.3. The molecule has 128 valence electrons. The van der Waals surface area contributed by atoms with Crippen molar-refractivity contribution in [2.45, 2.75) is 17.5 Å². The summed E-state index contributed by atoms with van der Waals surface area (Å²) in [5.74, 6) is 0. The molecule has 0 bridgehead atoms. The standard InChI is InChI=1S/C9H18F5N2O4S/c1-16(2,3-4-17)6-7(18)5-15-21(19,20)9(13,14)8(10,11)12/h7,15,17-18H,3-6H2,1-2H3/q+1. The Bertz CT molecular complexity index is 438. The van der Waals surface area contributed by atoms with Crippen molar-refractivity contribution >= 4 is 10.0 Å². The summed E-state index contributed by atoms with van der Waals surface area (Å²) < 4.78 is 84.3. The summed E-state index contributed by atoms with van der Waals surface area (Å²) in [6.45, 7) is -1.21. The molecule has 0 aliphatic heterocycles. The van der Waals surface area contributed by atoms with Crippen LogP contribution in [0.1, 0.15) is 0 Å². The van der Waals surface area contributed by atoms with Gasteiger partial charge >= 0.3 is 11.4 Å². The highest BCUT2D eigenvalue weighted by molar-refractivity contribution is 7.90. The minimum atomic E-state index is -6.25. The van der Waals surface area contributed by atoms with Crippen LogP contribution in [0.3, 0.4) is 0 Å². The lowest BCUT2D eigenvalue weighted by Gasteiger charge is -2.31. The number of aliphatic hydroxyl groups excluding tert-OH is 2. The highest BCUT2D eigenvalue weighted by atomic mass is 32.2. The average molecular weight is 345 g/mol. The van der Waals surface area contributed by atoms with E-state index in [0.717, 1.165) is 4.72 Å². The van der Waals surface area contributed by atoms with Gasteiger partial charge in [-0.2, -0.15) is 22.0 Å². The summed E-state index contributed by atoms with van der Waals surface area (Å²) in [5.41, 5.74) is 0. The van der Waals surface area contributed by atoms with E-state index in [4.69, 9.17) is 5.11 Å². The molecule has 0 heterocycles. The van der Waals surface area contributed by atoms with Crippen molar-refractivity contribution in [1.29, 1.82) is 0 Å². The first-order chi connectivity index (χ1) is 9.16. The Kier molecular flexibility index (Phi) is 6.51. The molecule has 6 nitrogen and oxygen atoms in total. The quantitative estimate of drug-likeness (QED) is 0.409. The second kappa shape index (κ2) is 6.69. The highest BCUT2D eigenvalue weighted by Crippen LogP contribution is 2.39. The fraction of sp³-hybridized carbons (Fsp3) is 1.00. The van der Waals surface area contributed by atoms with Gasteiger partial charge in [0.05, 0.1) is 20.7 Å². The molecule has 0 radical (unpaired) electrons. The Hall–Kier alpha value is -0.560. The molecule has 12 heteroatoms. The number of quaternary nitrogens is 1. The third-order valence-electron chi connectivity index (χ3n) is 2.59. The zero-order chi connectivity index (χ0) is 17.1. The molecule has 0 aliphatic carbocycles. The maximum Gasteiger partial charge on any atom is 0.470 e. The van der Waals surface area contributed by atoms with E-state index in [2.05, 4.69) is 0 Å². The van der Waals surface area contributed by atoms with E-state index >= 15 is 0 Å². The van der Waals surface area contributed by atoms with Crippen LogP contribution in [0.15, 0.2) is 0 Å². The van der Waals surface area contributed by atoms with Crippen molar-refractivity contribution in [2.75, 3.05) is 40.3 Å². The molecule has 0 rings (SSSR count). The molecule has 0 aromatic heterocycles. The lowest BCUT2D eigenvalue weighted by molar-refractivity contribution is -0.893. The number of nitrogens with zero attached hydrogens (tertiary/aromatic N) is 1. The van der Waals surface area contributed by atoms with Crippen LogP contribution in [0.5, 0.6) is 0 Å². The van der Waals surface area contributed by atoms with Gasteiger partial charge < -0.3 is 14.7 Å². The van der Waals surface area contributed by atoms with Gasteiger partial charge in [0, 0.05) is 6.54 Å². The molecule has 0 saturated heterocycles. The lowest BCUT2D eigenvalue weighted by atomic mass is 10.3. The highest BCUT2D eigenvalue weighted by Gasteiger charge is 2.67. The van der Waals surface area contributed by atoms with E-state index in [1.54, 1.807) is 14.1 Å². The number of hydrogen-bond acceptors (Lipinski definition) is 4. The van der Waals surface area contributed by atoms with Gasteiger partial charge in [0.15, 0.2) is 0 Å². The van der Waals surface area contributed by atoms with Gasteiger partial charge in [-0.1, -0.05) is 0 Å². The minimum absolute atomic E-state index is 0.0229. The van der Waals surface area contributed by atoms with Crippen molar-refractivity contribution in [3.8, 4) is 0 Å². The van der Waals surface area contributed by atoms with Crippen molar-refractivity contribution in [3.05, 3.63) is 0 Å². The third-order valence-corrected chi connectivity index (χ3v) is 4.04. The third kappa shape index (κ3) is 5.62. The largest absolute Gasteiger partial charge is 0.470 e. The van der Waals surface area contributed by atoms with Gasteiger partial charge in [0.1, 0.15) is 19.2 Å². The number of rotatable bonds is 8. The van der Waals surface area contributed by atoms with Crippen LogP contribution in [-0.4, -0.2) is 81.0 Å². The van der Waals surface area contributed by atoms with Crippen molar-refractivity contribution in [1.82, 2.24) is 4.72 Å². The molecular formula is C9H18F5N2O4S+. The average Bonchev–Trinajstić information content (AvgIpc) is 2.23. The molecule has 21 heavy (non-hydrogen) atoms. The Balaban J connectivity index is 4.72. The number of sulfonamides is 1. The first kappa shape index (κ1) is 20.4. The zero-order valence-corrected chi connectivity index (χ0v) is 12.2. The molecule has 3 N–H and O–H groups in total. The summed E-state index contributed by atoms with van der Waals surface area (Å²) >= 11 is 0. The van der Waals surface area contributed by atoms with Crippen LogP contribution in [0.4, 0.5) is 22.0 Å². The number of alkyl halides is 5. The summed E-state index contributed by atoms with van der Waals surface area (Å²) in [7, 11) is -2.90. The van der Waals surface area contributed by atoms with Crippen molar-refractivity contribution < 1.29 is 45.1 Å². The Morgan fingerprint density at radius 3 is 2.05 bits per heavy atom. The maximum atomic E-state index is 12.7. The number of halogens is 5. The van der Waals surface area contributed by atoms with Crippen molar-refractivity contribution in [2.24, 2.45) is 0 Å². The molecule has 0 aromatic rings. The van der Waals surface area contributed by atoms with Crippen molar-refractivity contribution in [3.63, 3.8) is 0 Å². The molecule has 1 unspecified atom stereocenters. The van der Waals surface area contributed by atoms with E-state index in [1.165, 1.54) is 0 Å². The normalized spacial score (nSPS) is 16.0. The first-order valence-electron chi connectivity index (χ1n) is 5.71. The van der Waals surface area contributed by atoms with E-state index in [-0.39, 0.29) is 24.2 Å². The minimum Gasteiger partial charge on any atom is -0.391 e. The summed E-state index contributed by atoms with van der Waals surface area (Å²) in [6.07, 6.45) is -7.75. The number of hydrogen-bond donors (Lipinski definition) is 3. The van der Waals surface area contributed by atoms with E-state index in [0.29, 0.717) is 0 Å². The molecule has 1 atom stereocenters. The second-order valence-electron chi connectivity index (χ2n) is 5.09. The monoisotopic (exact) mass is 345 g/mol. The predicted molar refractivity (Wildman–Crippen MR) is 62.9 cm³/mol. The molecule has 0 aliphatic rings. The van der Waals surface area contributed by atoms with E-state index in [1.807, 2.05) is 0 Å². The Labute approximate surface area is 118 Å². The van der Waals surface area contributed by atoms with Crippen LogP contribution >= 0.6 is 0 Å². The van der Waals surface area contributed by atoms with Gasteiger partial charge in [0.25, 0.3) is 10.0 Å². The van der Waals surface area contributed by atoms with Crippen LogP contribution in [0.2, 0.25) is 0 Å². The van der Waals surface area contributed by atoms with Gasteiger partial charge in [-0.3, -0.25) is 0 Å². The molecule has 0 fully saturated rings. The van der Waals surface area contributed by atoms with Gasteiger partial charge in [-0.05, 0) is 0 Å². The number of nitrogens with one attached hydrogen (secondary N) is 1. The van der Waals surface area contributed by atoms with Gasteiger partial charge in [-0.15, -0.1) is 0 Å².